The molecule has 0 aromatic rings. The highest BCUT2D eigenvalue weighted by Crippen LogP contribution is 2.29. The third-order valence-electron chi connectivity index (χ3n) is 3.40. The standard InChI is InChI=1S/C16H20O6/c1-5-11(17)8-12-13(21-14(18)6-2)9-20-10(4)16(12)22-15(19)7-3/h5-7,10,12-13,16H,1-3,8-9H2,4H3/t10?,12-,13-,16-/m1/s1. The monoisotopic (exact) mass is 308 g/mol. The second kappa shape index (κ2) is 8.29. The topological polar surface area (TPSA) is 78.9 Å². The maximum absolute atomic E-state index is 11.7. The lowest BCUT2D eigenvalue weighted by molar-refractivity contribution is -0.195. The summed E-state index contributed by atoms with van der Waals surface area (Å²) in [5, 5.41) is 0. The molecule has 1 aliphatic heterocycles. The average molecular weight is 308 g/mol. The molecule has 0 N–H and O–H groups in total. The second-order valence-electron chi connectivity index (χ2n) is 4.86. The molecule has 1 rings (SSSR count). The number of hydrogen-bond acceptors (Lipinski definition) is 6. The van der Waals surface area contributed by atoms with E-state index in [2.05, 4.69) is 19.7 Å². The van der Waals surface area contributed by atoms with Crippen LogP contribution in [0.2, 0.25) is 0 Å². The highest BCUT2D eigenvalue weighted by molar-refractivity contribution is 5.89. The van der Waals surface area contributed by atoms with Gasteiger partial charge in [-0.15, -0.1) is 0 Å². The summed E-state index contributed by atoms with van der Waals surface area (Å²) < 4.78 is 16.0. The first-order valence-electron chi connectivity index (χ1n) is 6.85. The van der Waals surface area contributed by atoms with Crippen LogP contribution in [0, 0.1) is 5.92 Å². The van der Waals surface area contributed by atoms with Crippen LogP contribution in [0.1, 0.15) is 13.3 Å². The Bertz CT molecular complexity index is 481. The molecule has 6 nitrogen and oxygen atoms in total. The summed E-state index contributed by atoms with van der Waals surface area (Å²) in [5.41, 5.74) is 0. The van der Waals surface area contributed by atoms with E-state index < -0.39 is 36.2 Å². The zero-order valence-corrected chi connectivity index (χ0v) is 12.5. The molecule has 120 valence electrons. The normalized spacial score (nSPS) is 27.3. The lowest BCUT2D eigenvalue weighted by Gasteiger charge is -2.40. The first-order chi connectivity index (χ1) is 10.4. The van der Waals surface area contributed by atoms with E-state index in [1.54, 1.807) is 6.92 Å². The van der Waals surface area contributed by atoms with Crippen molar-refractivity contribution in [3.8, 4) is 0 Å². The molecule has 4 atom stereocenters. The summed E-state index contributed by atoms with van der Waals surface area (Å²) in [7, 11) is 0. The van der Waals surface area contributed by atoms with E-state index in [4.69, 9.17) is 14.2 Å². The van der Waals surface area contributed by atoms with Gasteiger partial charge in [0.1, 0.15) is 12.2 Å². The van der Waals surface area contributed by atoms with Crippen LogP contribution in [0.25, 0.3) is 0 Å². The van der Waals surface area contributed by atoms with Gasteiger partial charge in [0.25, 0.3) is 0 Å². The minimum Gasteiger partial charge on any atom is -0.456 e. The Balaban J connectivity index is 2.99. The summed E-state index contributed by atoms with van der Waals surface area (Å²) in [4.78, 5) is 34.6. The number of ketones is 1. The van der Waals surface area contributed by atoms with E-state index in [1.165, 1.54) is 6.08 Å². The van der Waals surface area contributed by atoms with Crippen LogP contribution in [0.4, 0.5) is 0 Å². The highest BCUT2D eigenvalue weighted by Gasteiger charge is 2.43. The zero-order chi connectivity index (χ0) is 16.7. The fraction of sp³-hybridized carbons (Fsp3) is 0.438. The maximum Gasteiger partial charge on any atom is 0.330 e. The molecular formula is C16H20O6. The number of rotatable bonds is 7. The quantitative estimate of drug-likeness (QED) is 0.522. The molecule has 0 amide bonds. The molecule has 0 radical (unpaired) electrons. The molecule has 1 fully saturated rings. The Labute approximate surface area is 129 Å². The van der Waals surface area contributed by atoms with Crippen molar-refractivity contribution in [1.29, 1.82) is 0 Å². The summed E-state index contributed by atoms with van der Waals surface area (Å²) in [6, 6.07) is 0. The molecule has 1 heterocycles. The lowest BCUT2D eigenvalue weighted by Crippen LogP contribution is -2.51. The van der Waals surface area contributed by atoms with Gasteiger partial charge >= 0.3 is 11.9 Å². The van der Waals surface area contributed by atoms with Crippen molar-refractivity contribution in [2.45, 2.75) is 31.7 Å². The number of carbonyl (C=O) groups is 3. The van der Waals surface area contributed by atoms with Gasteiger partial charge in [-0.25, -0.2) is 9.59 Å². The van der Waals surface area contributed by atoms with Crippen LogP contribution in [0.3, 0.4) is 0 Å². The lowest BCUT2D eigenvalue weighted by atomic mass is 9.85. The molecule has 0 aromatic heterocycles. The molecule has 0 spiro atoms. The van der Waals surface area contributed by atoms with Crippen LogP contribution in [-0.2, 0) is 28.6 Å². The van der Waals surface area contributed by atoms with Gasteiger partial charge in [0.2, 0.25) is 0 Å². The van der Waals surface area contributed by atoms with E-state index in [1.807, 2.05) is 0 Å². The number of hydrogen-bond donors (Lipinski definition) is 0. The first-order valence-corrected chi connectivity index (χ1v) is 6.85. The third-order valence-corrected chi connectivity index (χ3v) is 3.40. The minimum atomic E-state index is -0.731. The van der Waals surface area contributed by atoms with E-state index in [0.717, 1.165) is 12.2 Å². The molecule has 1 saturated heterocycles. The summed E-state index contributed by atoms with van der Waals surface area (Å²) in [6.45, 7) is 11.9. The molecule has 1 aliphatic rings. The van der Waals surface area contributed by atoms with Crippen LogP contribution >= 0.6 is 0 Å². The van der Waals surface area contributed by atoms with Gasteiger partial charge < -0.3 is 14.2 Å². The SMILES string of the molecule is C=CC(=O)C[C@H]1[C@H](OC(=O)C=C)C(C)OC[C@H]1OC(=O)C=C. The van der Waals surface area contributed by atoms with Crippen molar-refractivity contribution in [1.82, 2.24) is 0 Å². The second-order valence-corrected chi connectivity index (χ2v) is 4.86. The van der Waals surface area contributed by atoms with Crippen LogP contribution in [-0.4, -0.2) is 42.6 Å². The summed E-state index contributed by atoms with van der Waals surface area (Å²) in [5.74, 6) is -2.03. The summed E-state index contributed by atoms with van der Waals surface area (Å²) in [6.07, 6.45) is 1.37. The van der Waals surface area contributed by atoms with Crippen molar-refractivity contribution in [3.63, 3.8) is 0 Å². The van der Waals surface area contributed by atoms with E-state index in [9.17, 15) is 14.4 Å². The average Bonchev–Trinajstić information content (AvgIpc) is 2.52. The van der Waals surface area contributed by atoms with Gasteiger partial charge in [-0.1, -0.05) is 19.7 Å². The van der Waals surface area contributed by atoms with Crippen LogP contribution in [0.5, 0.6) is 0 Å². The van der Waals surface area contributed by atoms with E-state index >= 15 is 0 Å². The Morgan fingerprint density at radius 2 is 1.68 bits per heavy atom. The molecule has 0 bridgehead atoms. The highest BCUT2D eigenvalue weighted by atomic mass is 16.6. The fourth-order valence-corrected chi connectivity index (χ4v) is 2.27. The van der Waals surface area contributed by atoms with Crippen molar-refractivity contribution in [2.24, 2.45) is 5.92 Å². The van der Waals surface area contributed by atoms with Crippen molar-refractivity contribution in [3.05, 3.63) is 38.0 Å². The molecule has 1 unspecified atom stereocenters. The van der Waals surface area contributed by atoms with Crippen LogP contribution in [0.15, 0.2) is 38.0 Å². The molecule has 0 aliphatic carbocycles. The molecule has 0 aromatic carbocycles. The Morgan fingerprint density at radius 1 is 1.09 bits per heavy atom. The molecular weight excluding hydrogens is 288 g/mol. The number of ether oxygens (including phenoxy) is 3. The first kappa shape index (κ1) is 17.8. The van der Waals surface area contributed by atoms with Crippen LogP contribution < -0.4 is 0 Å². The maximum atomic E-state index is 11.7. The molecule has 6 heteroatoms. The van der Waals surface area contributed by atoms with Gasteiger partial charge in [0.05, 0.1) is 12.7 Å². The number of esters is 2. The van der Waals surface area contributed by atoms with Gasteiger partial charge in [-0.3, -0.25) is 4.79 Å². The Morgan fingerprint density at radius 3 is 2.23 bits per heavy atom. The fourth-order valence-electron chi connectivity index (χ4n) is 2.27. The van der Waals surface area contributed by atoms with E-state index in [0.29, 0.717) is 0 Å². The van der Waals surface area contributed by atoms with Gasteiger partial charge in [0.15, 0.2) is 5.78 Å². The van der Waals surface area contributed by atoms with Gasteiger partial charge in [-0.2, -0.15) is 0 Å². The van der Waals surface area contributed by atoms with Gasteiger partial charge in [0, 0.05) is 24.5 Å². The van der Waals surface area contributed by atoms with Crippen molar-refractivity contribution < 1.29 is 28.6 Å². The Hall–Kier alpha value is -2.21. The predicted octanol–water partition coefficient (Wildman–Crippen LogP) is 1.36. The molecule has 0 saturated carbocycles. The van der Waals surface area contributed by atoms with E-state index in [-0.39, 0.29) is 18.8 Å². The zero-order valence-electron chi connectivity index (χ0n) is 12.5. The van der Waals surface area contributed by atoms with Gasteiger partial charge in [-0.05, 0) is 13.0 Å². The largest absolute Gasteiger partial charge is 0.456 e. The smallest absolute Gasteiger partial charge is 0.330 e. The number of carbonyl (C=O) groups excluding carboxylic acids is 3. The third kappa shape index (κ3) is 4.66. The van der Waals surface area contributed by atoms with Crippen molar-refractivity contribution >= 4 is 17.7 Å². The number of allylic oxidation sites excluding steroid dienone is 1. The minimum absolute atomic E-state index is 0.0291. The predicted molar refractivity (Wildman–Crippen MR) is 78.9 cm³/mol. The summed E-state index contributed by atoms with van der Waals surface area (Å²) >= 11 is 0. The van der Waals surface area contributed by atoms with Crippen molar-refractivity contribution in [2.75, 3.05) is 6.61 Å². The molecule has 22 heavy (non-hydrogen) atoms. The Kier molecular flexibility index (Phi) is 6.72.